The number of sulfonamides is 1. The van der Waals surface area contributed by atoms with E-state index in [-0.39, 0.29) is 36.0 Å². The lowest BCUT2D eigenvalue weighted by molar-refractivity contribution is 0.582. The van der Waals surface area contributed by atoms with Crippen molar-refractivity contribution in [3.8, 4) is 0 Å². The molecule has 3 rings (SSSR count). The molecule has 0 aliphatic carbocycles. The molecule has 0 saturated carbocycles. The van der Waals surface area contributed by atoms with Gasteiger partial charge in [0.1, 0.15) is 5.82 Å². The zero-order valence-corrected chi connectivity index (χ0v) is 17.1. The molecule has 1 N–H and O–H groups in total. The fourth-order valence-electron chi connectivity index (χ4n) is 2.71. The van der Waals surface area contributed by atoms with Crippen molar-refractivity contribution in [2.45, 2.75) is 0 Å². The summed E-state index contributed by atoms with van der Waals surface area (Å²) in [6.45, 7) is 0.317. The third-order valence-electron chi connectivity index (χ3n) is 4.20. The minimum Gasteiger partial charge on any atom is -0.367 e. The van der Waals surface area contributed by atoms with Gasteiger partial charge >= 0.3 is 0 Å². The molecule has 1 aliphatic rings. The maximum absolute atomic E-state index is 14.2. The molecule has 0 amide bonds. The molecule has 0 bridgehead atoms. The van der Waals surface area contributed by atoms with Crippen LogP contribution in [-0.2, 0) is 19.9 Å². The number of hydrogen-bond acceptors (Lipinski definition) is 5. The Labute approximate surface area is 168 Å². The predicted octanol–water partition coefficient (Wildman–Crippen LogP) is 3.13. The first kappa shape index (κ1) is 20.6. The summed E-state index contributed by atoms with van der Waals surface area (Å²) in [6, 6.07) is 10.5. The van der Waals surface area contributed by atoms with Crippen LogP contribution in [0.25, 0.3) is 6.08 Å². The van der Waals surface area contributed by atoms with Gasteiger partial charge in [0.15, 0.2) is 9.84 Å². The first-order valence-corrected chi connectivity index (χ1v) is 12.1. The van der Waals surface area contributed by atoms with Crippen molar-refractivity contribution in [1.29, 1.82) is 0 Å². The van der Waals surface area contributed by atoms with Crippen LogP contribution in [0.2, 0.25) is 5.02 Å². The average Bonchev–Trinajstić information content (AvgIpc) is 2.63. The molecule has 1 heterocycles. The normalized spacial score (nSPS) is 17.0. The lowest BCUT2D eigenvalue weighted by Gasteiger charge is -2.29. The summed E-state index contributed by atoms with van der Waals surface area (Å²) in [5, 5.41) is 1.55. The van der Waals surface area contributed by atoms with Crippen molar-refractivity contribution in [1.82, 2.24) is 0 Å². The maximum atomic E-state index is 14.2. The lowest BCUT2D eigenvalue weighted by Crippen LogP contribution is -2.40. The molecule has 1 aliphatic heterocycles. The van der Waals surface area contributed by atoms with E-state index in [1.807, 2.05) is 0 Å². The molecule has 0 atom stereocenters. The molecule has 28 heavy (non-hydrogen) atoms. The molecule has 2 aromatic carbocycles. The van der Waals surface area contributed by atoms with Crippen LogP contribution in [0.15, 0.2) is 47.9 Å². The Morgan fingerprint density at radius 1 is 1.07 bits per heavy atom. The Morgan fingerprint density at radius 2 is 1.71 bits per heavy atom. The second-order valence-corrected chi connectivity index (χ2v) is 10.6. The second-order valence-electron chi connectivity index (χ2n) is 6.31. The number of hydrogen-bond donors (Lipinski definition) is 1. The molecule has 2 aromatic rings. The summed E-state index contributed by atoms with van der Waals surface area (Å²) in [4.78, 5) is 1.59. The van der Waals surface area contributed by atoms with E-state index in [1.54, 1.807) is 29.2 Å². The smallest absolute Gasteiger partial charge is 0.255 e. The molecule has 150 valence electrons. The van der Waals surface area contributed by atoms with Gasteiger partial charge in [-0.05, 0) is 42.0 Å². The summed E-state index contributed by atoms with van der Waals surface area (Å²) >= 11 is 5.79. The number of nitrogens with zero attached hydrogens (tertiary/aromatic N) is 1. The highest BCUT2D eigenvalue weighted by molar-refractivity contribution is 7.95. The first-order chi connectivity index (χ1) is 13.1. The molecular formula is C18H18ClFN2O4S2. The van der Waals surface area contributed by atoms with E-state index >= 15 is 0 Å². The highest BCUT2D eigenvalue weighted by atomic mass is 35.5. The molecular weight excluding hydrogens is 427 g/mol. The third kappa shape index (κ3) is 5.46. The Kier molecular flexibility index (Phi) is 5.97. The monoisotopic (exact) mass is 444 g/mol. The fraction of sp³-hybridized carbons (Fsp3) is 0.222. The Morgan fingerprint density at radius 3 is 2.36 bits per heavy atom. The van der Waals surface area contributed by atoms with E-state index < -0.39 is 25.7 Å². The predicted molar refractivity (Wildman–Crippen MR) is 110 cm³/mol. The van der Waals surface area contributed by atoms with Gasteiger partial charge in [-0.25, -0.2) is 21.2 Å². The highest BCUT2D eigenvalue weighted by Gasteiger charge is 2.24. The Bertz CT molecular complexity index is 1090. The molecule has 10 heteroatoms. The van der Waals surface area contributed by atoms with Gasteiger partial charge in [-0.15, -0.1) is 0 Å². The van der Waals surface area contributed by atoms with E-state index in [1.165, 1.54) is 18.2 Å². The number of rotatable bonds is 5. The average molecular weight is 445 g/mol. The van der Waals surface area contributed by atoms with Crippen molar-refractivity contribution >= 4 is 48.9 Å². The highest BCUT2D eigenvalue weighted by Crippen LogP contribution is 2.26. The van der Waals surface area contributed by atoms with Crippen molar-refractivity contribution in [3.05, 3.63) is 64.3 Å². The van der Waals surface area contributed by atoms with Crippen LogP contribution >= 0.6 is 11.6 Å². The van der Waals surface area contributed by atoms with Crippen LogP contribution < -0.4 is 9.62 Å². The number of anilines is 2. The number of halogens is 2. The summed E-state index contributed by atoms with van der Waals surface area (Å²) in [7, 11) is -6.93. The minimum absolute atomic E-state index is 0.0633. The van der Waals surface area contributed by atoms with Gasteiger partial charge in [-0.3, -0.25) is 4.72 Å². The van der Waals surface area contributed by atoms with Crippen LogP contribution in [0.5, 0.6) is 0 Å². The largest absolute Gasteiger partial charge is 0.367 e. The van der Waals surface area contributed by atoms with Crippen LogP contribution in [0.1, 0.15) is 5.56 Å². The van der Waals surface area contributed by atoms with Gasteiger partial charge in [0.2, 0.25) is 0 Å². The van der Waals surface area contributed by atoms with E-state index in [9.17, 15) is 21.2 Å². The van der Waals surface area contributed by atoms with Crippen molar-refractivity contribution < 1.29 is 21.2 Å². The van der Waals surface area contributed by atoms with E-state index in [2.05, 4.69) is 4.72 Å². The summed E-state index contributed by atoms with van der Waals surface area (Å²) in [6.07, 6.45) is 1.42. The van der Waals surface area contributed by atoms with Gasteiger partial charge in [-0.2, -0.15) is 0 Å². The maximum Gasteiger partial charge on any atom is 0.255 e. The van der Waals surface area contributed by atoms with Crippen molar-refractivity contribution in [2.24, 2.45) is 0 Å². The molecule has 0 aromatic heterocycles. The fourth-order valence-corrected chi connectivity index (χ4v) is 4.90. The summed E-state index contributed by atoms with van der Waals surface area (Å²) in [5.41, 5.74) is 1.01. The van der Waals surface area contributed by atoms with Crippen molar-refractivity contribution in [3.63, 3.8) is 0 Å². The lowest BCUT2D eigenvalue weighted by atomic mass is 10.2. The summed E-state index contributed by atoms with van der Waals surface area (Å²) < 4.78 is 64.2. The van der Waals surface area contributed by atoms with E-state index in [0.717, 1.165) is 11.5 Å². The second kappa shape index (κ2) is 8.10. The van der Waals surface area contributed by atoms with Gasteiger partial charge in [-0.1, -0.05) is 23.7 Å². The van der Waals surface area contributed by atoms with Crippen LogP contribution in [0.4, 0.5) is 15.8 Å². The quantitative estimate of drug-likeness (QED) is 0.766. The third-order valence-corrected chi connectivity index (χ3v) is 7.08. The minimum atomic E-state index is -3.82. The number of nitrogens with one attached hydrogen (secondary N) is 1. The standard InChI is InChI=1S/C18H18ClFN2O4S2/c19-15-3-1-14(2-4-15)7-10-28(25,26)21-16-5-6-17(20)18(13-16)22-8-11-27(23,24)12-9-22/h1-7,10,13,21H,8-9,11-12H2/b10-7-. The van der Waals surface area contributed by atoms with Gasteiger partial charge < -0.3 is 4.90 Å². The first-order valence-electron chi connectivity index (χ1n) is 8.35. The zero-order chi connectivity index (χ0) is 20.4. The molecule has 0 radical (unpaired) electrons. The Balaban J connectivity index is 1.76. The molecule has 1 fully saturated rings. The van der Waals surface area contributed by atoms with E-state index in [4.69, 9.17) is 11.6 Å². The Hall–Kier alpha value is -2.10. The number of sulfone groups is 1. The molecule has 1 saturated heterocycles. The van der Waals surface area contributed by atoms with Gasteiger partial charge in [0, 0.05) is 18.1 Å². The van der Waals surface area contributed by atoms with Crippen LogP contribution in [0.3, 0.4) is 0 Å². The summed E-state index contributed by atoms with van der Waals surface area (Å²) in [5.74, 6) is -0.669. The molecule has 0 unspecified atom stereocenters. The van der Waals surface area contributed by atoms with E-state index in [0.29, 0.717) is 10.6 Å². The van der Waals surface area contributed by atoms with Crippen molar-refractivity contribution in [2.75, 3.05) is 34.2 Å². The van der Waals surface area contributed by atoms with Crippen LogP contribution in [-0.4, -0.2) is 41.4 Å². The van der Waals surface area contributed by atoms with Gasteiger partial charge in [0.25, 0.3) is 10.0 Å². The van der Waals surface area contributed by atoms with Crippen LogP contribution in [0, 0.1) is 5.82 Å². The molecule has 0 spiro atoms. The number of benzene rings is 2. The SMILES string of the molecule is O=S1(=O)CCN(c2cc(NS(=O)(=O)/C=C\c3ccc(Cl)cc3)ccc2F)CC1. The molecule has 6 nitrogen and oxygen atoms in total. The topological polar surface area (TPSA) is 83.6 Å². The zero-order valence-electron chi connectivity index (χ0n) is 14.7. The van der Waals surface area contributed by atoms with Gasteiger partial charge in [0.05, 0.1) is 28.3 Å².